The highest BCUT2D eigenvalue weighted by molar-refractivity contribution is 7.98. The number of hydrogen-bond acceptors (Lipinski definition) is 5. The van der Waals surface area contributed by atoms with Gasteiger partial charge in [0.2, 0.25) is 5.91 Å². The summed E-state index contributed by atoms with van der Waals surface area (Å²) in [7, 11) is 0. The van der Waals surface area contributed by atoms with Gasteiger partial charge in [-0.25, -0.2) is 0 Å². The fourth-order valence-electron chi connectivity index (χ4n) is 2.11. The molecule has 0 saturated carbocycles. The van der Waals surface area contributed by atoms with Gasteiger partial charge in [-0.15, -0.1) is 21.5 Å². The topological polar surface area (TPSA) is 73.8 Å². The molecule has 23 heavy (non-hydrogen) atoms. The van der Waals surface area contributed by atoms with E-state index in [0.717, 1.165) is 29.4 Å². The third kappa shape index (κ3) is 4.20. The van der Waals surface area contributed by atoms with Gasteiger partial charge in [-0.3, -0.25) is 4.79 Å². The molecule has 2 N–H and O–H groups in total. The van der Waals surface area contributed by atoms with Crippen LogP contribution in [-0.2, 0) is 18.7 Å². The maximum absolute atomic E-state index is 11.1. The molecular formula is C16H16N4OS2. The number of carbonyl (C=O) groups excluding carboxylic acids is 1. The summed E-state index contributed by atoms with van der Waals surface area (Å²) in [5.74, 6) is 0.369. The van der Waals surface area contributed by atoms with E-state index < -0.39 is 5.91 Å². The molecule has 1 aromatic carbocycles. The molecule has 0 spiro atoms. The molecule has 3 rings (SSSR count). The third-order valence-electron chi connectivity index (χ3n) is 3.37. The second kappa shape index (κ2) is 7.43. The monoisotopic (exact) mass is 344 g/mol. The van der Waals surface area contributed by atoms with Crippen LogP contribution in [0.25, 0.3) is 0 Å². The Morgan fingerprint density at radius 2 is 2.09 bits per heavy atom. The zero-order valence-corrected chi connectivity index (χ0v) is 14.0. The number of nitrogens with zero attached hydrogens (tertiary/aromatic N) is 3. The number of carbonyl (C=O) groups is 1. The van der Waals surface area contributed by atoms with Crippen molar-refractivity contribution in [3.8, 4) is 0 Å². The fourth-order valence-corrected chi connectivity index (χ4v) is 3.70. The van der Waals surface area contributed by atoms with Crippen molar-refractivity contribution in [3.63, 3.8) is 0 Å². The molecule has 3 aromatic rings. The van der Waals surface area contributed by atoms with E-state index >= 15 is 0 Å². The minimum absolute atomic E-state index is 0.405. The van der Waals surface area contributed by atoms with Gasteiger partial charge in [-0.2, -0.15) is 0 Å². The van der Waals surface area contributed by atoms with Crippen LogP contribution in [0.3, 0.4) is 0 Å². The van der Waals surface area contributed by atoms with Crippen LogP contribution in [-0.4, -0.2) is 20.7 Å². The summed E-state index contributed by atoms with van der Waals surface area (Å²) < 4.78 is 2.07. The molecule has 2 aromatic heterocycles. The third-order valence-corrected chi connectivity index (χ3v) is 5.35. The molecule has 1 amide bonds. The molecule has 0 fully saturated rings. The maximum atomic E-state index is 11.1. The van der Waals surface area contributed by atoms with Gasteiger partial charge < -0.3 is 10.3 Å². The summed E-state index contributed by atoms with van der Waals surface area (Å²) >= 11 is 3.40. The van der Waals surface area contributed by atoms with Crippen LogP contribution in [0.2, 0.25) is 0 Å². The van der Waals surface area contributed by atoms with Gasteiger partial charge in [0.1, 0.15) is 6.33 Å². The van der Waals surface area contributed by atoms with Crippen LogP contribution in [0.4, 0.5) is 0 Å². The van der Waals surface area contributed by atoms with Crippen molar-refractivity contribution in [2.45, 2.75) is 23.9 Å². The summed E-state index contributed by atoms with van der Waals surface area (Å²) in [6.45, 7) is 0.871. The molecule has 0 unspecified atom stereocenters. The zero-order chi connectivity index (χ0) is 16.1. The van der Waals surface area contributed by atoms with Gasteiger partial charge in [-0.05, 0) is 35.6 Å². The van der Waals surface area contributed by atoms with Crippen LogP contribution in [0.5, 0.6) is 0 Å². The molecule has 0 atom stereocenters. The first kappa shape index (κ1) is 15.8. The van der Waals surface area contributed by atoms with Gasteiger partial charge in [0, 0.05) is 22.7 Å². The van der Waals surface area contributed by atoms with Gasteiger partial charge in [0.05, 0.1) is 0 Å². The van der Waals surface area contributed by atoms with E-state index in [0.29, 0.717) is 5.56 Å². The summed E-state index contributed by atoms with van der Waals surface area (Å²) in [5, 5.41) is 11.2. The molecule has 5 nitrogen and oxygen atoms in total. The number of benzene rings is 1. The Kier molecular flexibility index (Phi) is 5.09. The van der Waals surface area contributed by atoms with Crippen molar-refractivity contribution in [3.05, 3.63) is 64.1 Å². The van der Waals surface area contributed by atoms with E-state index in [2.05, 4.69) is 32.3 Å². The smallest absolute Gasteiger partial charge is 0.248 e. The Bertz CT molecular complexity index is 766. The predicted octanol–water partition coefficient (Wildman–Crippen LogP) is 2.97. The lowest BCUT2D eigenvalue weighted by atomic mass is 10.1. The van der Waals surface area contributed by atoms with Crippen molar-refractivity contribution >= 4 is 29.0 Å². The normalized spacial score (nSPS) is 10.8. The molecule has 0 radical (unpaired) electrons. The van der Waals surface area contributed by atoms with E-state index in [1.54, 1.807) is 41.6 Å². The molecule has 2 heterocycles. The summed E-state index contributed by atoms with van der Waals surface area (Å²) in [6.07, 6.45) is 2.75. The lowest BCUT2D eigenvalue weighted by Crippen LogP contribution is -2.10. The first-order valence-corrected chi connectivity index (χ1v) is 9.00. The summed E-state index contributed by atoms with van der Waals surface area (Å²) in [6, 6.07) is 11.5. The molecule has 0 saturated heterocycles. The number of aryl methyl sites for hydroxylation is 2. The number of aromatic nitrogens is 3. The van der Waals surface area contributed by atoms with E-state index in [1.165, 1.54) is 4.88 Å². The number of thiophene rings is 1. The standard InChI is InChI=1S/C16H16N4OS2/c17-15(21)13-5-3-12(4-6-13)10-23-16-19-18-11-20(16)8-7-14-2-1-9-22-14/h1-6,9,11H,7-8,10H2,(H2,17,21). The zero-order valence-electron chi connectivity index (χ0n) is 12.4. The number of amides is 1. The maximum Gasteiger partial charge on any atom is 0.248 e. The second-order valence-electron chi connectivity index (χ2n) is 4.99. The number of primary amides is 1. The fraction of sp³-hybridized carbons (Fsp3) is 0.188. The van der Waals surface area contributed by atoms with E-state index in [-0.39, 0.29) is 0 Å². The largest absolute Gasteiger partial charge is 0.366 e. The molecule has 7 heteroatoms. The van der Waals surface area contributed by atoms with Gasteiger partial charge in [0.25, 0.3) is 0 Å². The van der Waals surface area contributed by atoms with Crippen LogP contribution in [0.1, 0.15) is 20.8 Å². The number of nitrogens with two attached hydrogens (primary N) is 1. The Morgan fingerprint density at radius 1 is 1.26 bits per heavy atom. The van der Waals surface area contributed by atoms with Crippen molar-refractivity contribution in [1.29, 1.82) is 0 Å². The highest BCUT2D eigenvalue weighted by Gasteiger charge is 2.07. The van der Waals surface area contributed by atoms with Crippen LogP contribution in [0.15, 0.2) is 53.3 Å². The molecular weight excluding hydrogens is 328 g/mol. The number of hydrogen-bond donors (Lipinski definition) is 1. The van der Waals surface area contributed by atoms with Crippen molar-refractivity contribution in [2.24, 2.45) is 5.73 Å². The first-order chi connectivity index (χ1) is 11.2. The highest BCUT2D eigenvalue weighted by atomic mass is 32.2. The van der Waals surface area contributed by atoms with E-state index in [4.69, 9.17) is 5.73 Å². The second-order valence-corrected chi connectivity index (χ2v) is 6.96. The highest BCUT2D eigenvalue weighted by Crippen LogP contribution is 2.21. The minimum Gasteiger partial charge on any atom is -0.366 e. The van der Waals surface area contributed by atoms with E-state index in [1.807, 2.05) is 12.1 Å². The number of rotatable bonds is 7. The van der Waals surface area contributed by atoms with Crippen LogP contribution < -0.4 is 5.73 Å². The average molecular weight is 344 g/mol. The van der Waals surface area contributed by atoms with Crippen molar-refractivity contribution < 1.29 is 4.79 Å². The van der Waals surface area contributed by atoms with Gasteiger partial charge in [-0.1, -0.05) is 30.0 Å². The molecule has 0 aliphatic carbocycles. The Labute approximate surface area is 142 Å². The lowest BCUT2D eigenvalue weighted by molar-refractivity contribution is 0.100. The average Bonchev–Trinajstić information content (AvgIpc) is 3.22. The van der Waals surface area contributed by atoms with E-state index in [9.17, 15) is 4.79 Å². The SMILES string of the molecule is NC(=O)c1ccc(CSc2nncn2CCc2cccs2)cc1. The quantitative estimate of drug-likeness (QED) is 0.669. The predicted molar refractivity (Wildman–Crippen MR) is 92.6 cm³/mol. The Morgan fingerprint density at radius 3 is 2.78 bits per heavy atom. The summed E-state index contributed by atoms with van der Waals surface area (Å²) in [4.78, 5) is 12.4. The molecule has 118 valence electrons. The van der Waals surface area contributed by atoms with Crippen molar-refractivity contribution in [2.75, 3.05) is 0 Å². The molecule has 0 bridgehead atoms. The minimum atomic E-state index is -0.405. The first-order valence-electron chi connectivity index (χ1n) is 7.14. The summed E-state index contributed by atoms with van der Waals surface area (Å²) in [5.41, 5.74) is 6.89. The number of thioether (sulfide) groups is 1. The van der Waals surface area contributed by atoms with Gasteiger partial charge in [0.15, 0.2) is 5.16 Å². The van der Waals surface area contributed by atoms with Crippen LogP contribution in [0, 0.1) is 0 Å². The molecule has 0 aliphatic rings. The molecule has 0 aliphatic heterocycles. The Balaban J connectivity index is 1.58. The lowest BCUT2D eigenvalue weighted by Gasteiger charge is -2.06. The van der Waals surface area contributed by atoms with Crippen LogP contribution >= 0.6 is 23.1 Å². The Hall–Kier alpha value is -2.12. The van der Waals surface area contributed by atoms with Gasteiger partial charge >= 0.3 is 0 Å². The van der Waals surface area contributed by atoms with Crippen molar-refractivity contribution in [1.82, 2.24) is 14.8 Å².